The molecular formula is C26H21N3O3. The summed E-state index contributed by atoms with van der Waals surface area (Å²) in [5, 5.41) is 7.80. The maximum atomic E-state index is 12.5. The largest absolute Gasteiger partial charge is 0.494 e. The van der Waals surface area contributed by atoms with E-state index >= 15 is 0 Å². The van der Waals surface area contributed by atoms with Crippen molar-refractivity contribution in [2.75, 3.05) is 17.7 Å². The van der Waals surface area contributed by atoms with Crippen LogP contribution in [0, 0.1) is 0 Å². The van der Waals surface area contributed by atoms with E-state index in [2.05, 4.69) is 15.6 Å². The highest BCUT2D eigenvalue weighted by atomic mass is 16.5. The Bertz CT molecular complexity index is 1290. The van der Waals surface area contributed by atoms with Gasteiger partial charge >= 0.3 is 0 Å². The van der Waals surface area contributed by atoms with Crippen molar-refractivity contribution in [2.45, 2.75) is 0 Å². The van der Waals surface area contributed by atoms with E-state index in [4.69, 9.17) is 4.74 Å². The van der Waals surface area contributed by atoms with Gasteiger partial charge in [0.25, 0.3) is 5.91 Å². The van der Waals surface area contributed by atoms with Gasteiger partial charge in [0.1, 0.15) is 5.75 Å². The maximum Gasteiger partial charge on any atom is 0.257 e. The molecule has 6 heteroatoms. The van der Waals surface area contributed by atoms with E-state index in [1.165, 1.54) is 19.4 Å². The molecule has 0 unspecified atom stereocenters. The number of nitrogens with one attached hydrogen (secondary N) is 2. The summed E-state index contributed by atoms with van der Waals surface area (Å²) in [7, 11) is 1.50. The lowest BCUT2D eigenvalue weighted by atomic mass is 10.0. The third-order valence-electron chi connectivity index (χ3n) is 4.88. The fourth-order valence-electron chi connectivity index (χ4n) is 3.31. The van der Waals surface area contributed by atoms with Crippen LogP contribution in [0.15, 0.2) is 91.3 Å². The Kier molecular flexibility index (Phi) is 6.22. The molecule has 0 saturated carbocycles. The van der Waals surface area contributed by atoms with E-state index in [1.807, 2.05) is 42.5 Å². The Balaban J connectivity index is 1.46. The molecule has 4 aromatic rings. The standard InChI is InChI=1S/C26H21N3O3/c1-32-24-16-21(12-13-23(24)29-26(31)20-9-5-15-27-17-20)28-25(30)14-11-19-8-4-7-18-6-2-3-10-22(18)19/h2-17H,1H3,(H,28,30)(H,29,31)/b14-11+. The third-order valence-corrected chi connectivity index (χ3v) is 4.88. The van der Waals surface area contributed by atoms with Gasteiger partial charge in [0.05, 0.1) is 18.4 Å². The molecule has 32 heavy (non-hydrogen) atoms. The van der Waals surface area contributed by atoms with E-state index < -0.39 is 0 Å². The van der Waals surface area contributed by atoms with Crippen LogP contribution >= 0.6 is 0 Å². The Hall–Kier alpha value is -4.45. The smallest absolute Gasteiger partial charge is 0.257 e. The zero-order valence-corrected chi connectivity index (χ0v) is 17.4. The molecule has 0 fully saturated rings. The second-order valence-corrected chi connectivity index (χ2v) is 7.00. The molecule has 0 aliphatic rings. The SMILES string of the molecule is COc1cc(NC(=O)/C=C/c2cccc3ccccc23)ccc1NC(=O)c1cccnc1. The molecule has 3 aromatic carbocycles. The third kappa shape index (κ3) is 4.82. The summed E-state index contributed by atoms with van der Waals surface area (Å²) in [6.07, 6.45) is 6.37. The molecule has 158 valence electrons. The molecule has 0 bridgehead atoms. The summed E-state index contributed by atoms with van der Waals surface area (Å²) in [5.74, 6) is -0.142. The lowest BCUT2D eigenvalue weighted by Crippen LogP contribution is -2.13. The van der Waals surface area contributed by atoms with Crippen molar-refractivity contribution in [3.05, 3.63) is 102 Å². The number of nitrogens with zero attached hydrogens (tertiary/aromatic N) is 1. The van der Waals surface area contributed by atoms with Gasteiger partial charge in [-0.1, -0.05) is 42.5 Å². The van der Waals surface area contributed by atoms with Crippen LogP contribution in [0.2, 0.25) is 0 Å². The highest BCUT2D eigenvalue weighted by Gasteiger charge is 2.11. The maximum absolute atomic E-state index is 12.5. The molecule has 0 aliphatic carbocycles. The average Bonchev–Trinajstić information content (AvgIpc) is 2.84. The number of anilines is 2. The molecule has 0 spiro atoms. The van der Waals surface area contributed by atoms with Crippen LogP contribution in [0.25, 0.3) is 16.8 Å². The lowest BCUT2D eigenvalue weighted by molar-refractivity contribution is -0.111. The number of aromatic nitrogens is 1. The van der Waals surface area contributed by atoms with Crippen molar-refractivity contribution in [2.24, 2.45) is 0 Å². The van der Waals surface area contributed by atoms with Crippen molar-refractivity contribution < 1.29 is 14.3 Å². The molecule has 0 saturated heterocycles. The van der Waals surface area contributed by atoms with Gasteiger partial charge in [0.15, 0.2) is 0 Å². The zero-order valence-electron chi connectivity index (χ0n) is 17.4. The number of ether oxygens (including phenoxy) is 1. The highest BCUT2D eigenvalue weighted by Crippen LogP contribution is 2.28. The number of carbonyl (C=O) groups excluding carboxylic acids is 2. The topological polar surface area (TPSA) is 80.3 Å². The summed E-state index contributed by atoms with van der Waals surface area (Å²) >= 11 is 0. The van der Waals surface area contributed by atoms with E-state index in [-0.39, 0.29) is 11.8 Å². The Labute approximate surface area is 185 Å². The molecule has 1 heterocycles. The normalized spacial score (nSPS) is 10.8. The number of methoxy groups -OCH3 is 1. The van der Waals surface area contributed by atoms with Crippen LogP contribution in [0.3, 0.4) is 0 Å². The zero-order chi connectivity index (χ0) is 22.3. The first-order chi connectivity index (χ1) is 15.6. The first kappa shape index (κ1) is 20.8. The van der Waals surface area contributed by atoms with E-state index in [9.17, 15) is 9.59 Å². The van der Waals surface area contributed by atoms with Crippen LogP contribution in [0.1, 0.15) is 15.9 Å². The van der Waals surface area contributed by atoms with Crippen LogP contribution in [0.5, 0.6) is 5.75 Å². The fourth-order valence-corrected chi connectivity index (χ4v) is 3.31. The molecule has 0 radical (unpaired) electrons. The number of benzene rings is 3. The van der Waals surface area contributed by atoms with Gasteiger partial charge in [-0.15, -0.1) is 0 Å². The summed E-state index contributed by atoms with van der Waals surface area (Å²) in [4.78, 5) is 28.8. The van der Waals surface area contributed by atoms with Crippen molar-refractivity contribution >= 4 is 40.0 Å². The molecule has 6 nitrogen and oxygen atoms in total. The summed E-state index contributed by atoms with van der Waals surface area (Å²) in [6, 6.07) is 22.4. The second-order valence-electron chi connectivity index (χ2n) is 7.00. The van der Waals surface area contributed by atoms with Crippen LogP contribution in [0.4, 0.5) is 11.4 Å². The number of fused-ring (bicyclic) bond motifs is 1. The summed E-state index contributed by atoms with van der Waals surface area (Å²) in [5.41, 5.74) is 2.44. The van der Waals surface area contributed by atoms with E-state index in [1.54, 1.807) is 42.6 Å². The molecule has 0 atom stereocenters. The number of carbonyl (C=O) groups is 2. The average molecular weight is 423 g/mol. The van der Waals surface area contributed by atoms with Crippen LogP contribution in [-0.2, 0) is 4.79 Å². The number of hydrogen-bond acceptors (Lipinski definition) is 4. The minimum absolute atomic E-state index is 0.271. The number of pyridine rings is 1. The van der Waals surface area contributed by atoms with E-state index in [0.717, 1.165) is 16.3 Å². The molecule has 2 N–H and O–H groups in total. The summed E-state index contributed by atoms with van der Waals surface area (Å²) in [6.45, 7) is 0. The van der Waals surface area contributed by atoms with Gasteiger partial charge in [-0.05, 0) is 46.7 Å². The molecule has 0 aliphatic heterocycles. The molecular weight excluding hydrogens is 402 g/mol. The summed E-state index contributed by atoms with van der Waals surface area (Å²) < 4.78 is 5.38. The van der Waals surface area contributed by atoms with Gasteiger partial charge in [0, 0.05) is 30.2 Å². The van der Waals surface area contributed by atoms with Crippen molar-refractivity contribution in [1.29, 1.82) is 0 Å². The quantitative estimate of drug-likeness (QED) is 0.421. The predicted molar refractivity (Wildman–Crippen MR) is 127 cm³/mol. The Morgan fingerprint density at radius 2 is 1.78 bits per heavy atom. The second kappa shape index (κ2) is 9.57. The number of hydrogen-bond donors (Lipinski definition) is 2. The first-order valence-electron chi connectivity index (χ1n) is 10.0. The predicted octanol–water partition coefficient (Wildman–Crippen LogP) is 5.15. The number of rotatable bonds is 6. The highest BCUT2D eigenvalue weighted by molar-refractivity contribution is 6.06. The van der Waals surface area contributed by atoms with Crippen molar-refractivity contribution in [3.63, 3.8) is 0 Å². The van der Waals surface area contributed by atoms with Gasteiger partial charge in [-0.2, -0.15) is 0 Å². The van der Waals surface area contributed by atoms with Gasteiger partial charge in [-0.3, -0.25) is 14.6 Å². The number of amides is 2. The van der Waals surface area contributed by atoms with Gasteiger partial charge in [0.2, 0.25) is 5.91 Å². The first-order valence-corrected chi connectivity index (χ1v) is 10.0. The van der Waals surface area contributed by atoms with Crippen LogP contribution < -0.4 is 15.4 Å². The van der Waals surface area contributed by atoms with Crippen LogP contribution in [-0.4, -0.2) is 23.9 Å². The lowest BCUT2D eigenvalue weighted by Gasteiger charge is -2.12. The minimum atomic E-state index is -0.300. The molecule has 2 amide bonds. The van der Waals surface area contributed by atoms with Gasteiger partial charge < -0.3 is 15.4 Å². The Morgan fingerprint density at radius 1 is 0.938 bits per heavy atom. The fraction of sp³-hybridized carbons (Fsp3) is 0.0385. The monoisotopic (exact) mass is 423 g/mol. The molecule has 1 aromatic heterocycles. The van der Waals surface area contributed by atoms with Crippen molar-refractivity contribution in [3.8, 4) is 5.75 Å². The Morgan fingerprint density at radius 3 is 2.59 bits per heavy atom. The minimum Gasteiger partial charge on any atom is -0.494 e. The van der Waals surface area contributed by atoms with E-state index in [0.29, 0.717) is 22.7 Å². The van der Waals surface area contributed by atoms with Crippen molar-refractivity contribution in [1.82, 2.24) is 4.98 Å². The molecule has 4 rings (SSSR count). The van der Waals surface area contributed by atoms with Gasteiger partial charge in [-0.25, -0.2) is 0 Å².